The van der Waals surface area contributed by atoms with Gasteiger partial charge in [0.25, 0.3) is 0 Å². The van der Waals surface area contributed by atoms with Crippen molar-refractivity contribution < 1.29 is 0 Å². The normalized spacial score (nSPS) is 17.9. The van der Waals surface area contributed by atoms with E-state index in [-0.39, 0.29) is 0 Å². The van der Waals surface area contributed by atoms with Gasteiger partial charge in [-0.1, -0.05) is 0 Å². The first-order chi connectivity index (χ1) is 11.8. The topological polar surface area (TPSA) is 72.6 Å². The number of aromatic nitrogens is 6. The molecule has 1 fully saturated rings. The van der Waals surface area contributed by atoms with Crippen molar-refractivity contribution >= 4 is 5.82 Å². The van der Waals surface area contributed by atoms with Crippen LogP contribution < -0.4 is 4.90 Å². The molecule has 3 aromatic rings. The van der Waals surface area contributed by atoms with Gasteiger partial charge in [0, 0.05) is 50.8 Å². The van der Waals surface area contributed by atoms with Crippen LogP contribution in [0.2, 0.25) is 0 Å². The van der Waals surface area contributed by atoms with Gasteiger partial charge in [-0.15, -0.1) is 0 Å². The Hall–Kier alpha value is -2.83. The summed E-state index contributed by atoms with van der Waals surface area (Å²) in [6.45, 7) is 1.91. The van der Waals surface area contributed by atoms with Crippen LogP contribution in [-0.4, -0.2) is 42.6 Å². The summed E-state index contributed by atoms with van der Waals surface area (Å²) >= 11 is 0. The third-order valence-electron chi connectivity index (χ3n) is 4.43. The fourth-order valence-corrected chi connectivity index (χ4v) is 3.20. The van der Waals surface area contributed by atoms with Crippen LogP contribution in [0.3, 0.4) is 0 Å². The number of hydrogen-bond donors (Lipinski definition) is 0. The molecule has 24 heavy (non-hydrogen) atoms. The molecule has 4 heterocycles. The lowest BCUT2D eigenvalue weighted by Gasteiger charge is -2.33. The molecule has 0 unspecified atom stereocenters. The van der Waals surface area contributed by atoms with E-state index >= 15 is 0 Å². The van der Waals surface area contributed by atoms with Crippen LogP contribution in [0.4, 0.5) is 5.82 Å². The van der Waals surface area contributed by atoms with Gasteiger partial charge in [0.1, 0.15) is 17.8 Å². The molecule has 3 aromatic heterocycles. The fraction of sp³-hybridized carbons (Fsp3) is 0.353. The molecule has 0 spiro atoms. The number of rotatable bonds is 3. The minimum atomic E-state index is 0.349. The number of piperidine rings is 1. The van der Waals surface area contributed by atoms with Gasteiger partial charge in [-0.05, 0) is 18.9 Å². The van der Waals surface area contributed by atoms with Crippen LogP contribution in [0.25, 0.3) is 11.5 Å². The van der Waals surface area contributed by atoms with E-state index in [0.717, 1.165) is 49.0 Å². The maximum absolute atomic E-state index is 4.82. The summed E-state index contributed by atoms with van der Waals surface area (Å²) in [7, 11) is 1.97. The number of hydrogen-bond acceptors (Lipinski definition) is 6. The van der Waals surface area contributed by atoms with Crippen LogP contribution in [0, 0.1) is 0 Å². The van der Waals surface area contributed by atoms with E-state index in [1.807, 2.05) is 30.1 Å². The van der Waals surface area contributed by atoms with Gasteiger partial charge in [-0.25, -0.2) is 19.9 Å². The highest BCUT2D eigenvalue weighted by molar-refractivity contribution is 5.48. The number of aryl methyl sites for hydroxylation is 1. The number of anilines is 1. The smallest absolute Gasteiger partial charge is 0.159 e. The second-order valence-electron chi connectivity index (χ2n) is 6.04. The lowest BCUT2D eigenvalue weighted by Crippen LogP contribution is -2.35. The van der Waals surface area contributed by atoms with Gasteiger partial charge >= 0.3 is 0 Å². The highest BCUT2D eigenvalue weighted by Gasteiger charge is 2.24. The SMILES string of the molecule is Cn1ccnc1-c1cncc([C@@H]2CCCN(c3ccncn3)C2)n1. The molecule has 0 aromatic carbocycles. The van der Waals surface area contributed by atoms with E-state index in [9.17, 15) is 0 Å². The molecule has 1 aliphatic rings. The third kappa shape index (κ3) is 2.84. The monoisotopic (exact) mass is 321 g/mol. The van der Waals surface area contributed by atoms with Crippen LogP contribution >= 0.6 is 0 Å². The minimum absolute atomic E-state index is 0.349. The lowest BCUT2D eigenvalue weighted by atomic mass is 9.95. The molecule has 1 aliphatic heterocycles. The van der Waals surface area contributed by atoms with Gasteiger partial charge in [0.2, 0.25) is 0 Å². The van der Waals surface area contributed by atoms with E-state index in [1.54, 1.807) is 24.9 Å². The lowest BCUT2D eigenvalue weighted by molar-refractivity contribution is 0.497. The molecular formula is C17H19N7. The van der Waals surface area contributed by atoms with Crippen molar-refractivity contribution in [1.29, 1.82) is 0 Å². The molecule has 1 saturated heterocycles. The molecule has 0 aliphatic carbocycles. The maximum Gasteiger partial charge on any atom is 0.159 e. The summed E-state index contributed by atoms with van der Waals surface area (Å²) in [6, 6.07) is 1.96. The van der Waals surface area contributed by atoms with Crippen molar-refractivity contribution in [3.05, 3.63) is 49.1 Å². The van der Waals surface area contributed by atoms with Crippen molar-refractivity contribution in [2.45, 2.75) is 18.8 Å². The second kappa shape index (κ2) is 6.35. The number of nitrogens with zero attached hydrogens (tertiary/aromatic N) is 7. The largest absolute Gasteiger partial charge is 0.356 e. The van der Waals surface area contributed by atoms with Crippen molar-refractivity contribution in [3.8, 4) is 11.5 Å². The van der Waals surface area contributed by atoms with Crippen molar-refractivity contribution in [2.75, 3.05) is 18.0 Å². The van der Waals surface area contributed by atoms with Crippen molar-refractivity contribution in [2.24, 2.45) is 7.05 Å². The van der Waals surface area contributed by atoms with E-state index in [0.29, 0.717) is 5.92 Å². The molecule has 0 N–H and O–H groups in total. The first-order valence-electron chi connectivity index (χ1n) is 8.12. The Morgan fingerprint density at radius 2 is 2.08 bits per heavy atom. The zero-order valence-electron chi connectivity index (χ0n) is 13.6. The van der Waals surface area contributed by atoms with Crippen LogP contribution in [-0.2, 0) is 7.05 Å². The zero-order valence-corrected chi connectivity index (χ0v) is 13.6. The van der Waals surface area contributed by atoms with E-state index in [4.69, 9.17) is 4.98 Å². The fourth-order valence-electron chi connectivity index (χ4n) is 3.20. The Bertz CT molecular complexity index is 815. The quantitative estimate of drug-likeness (QED) is 0.735. The van der Waals surface area contributed by atoms with Crippen molar-refractivity contribution in [1.82, 2.24) is 29.5 Å². The number of imidazole rings is 1. The molecule has 7 heteroatoms. The molecule has 0 bridgehead atoms. The van der Waals surface area contributed by atoms with Gasteiger partial charge in [0.05, 0.1) is 11.9 Å². The summed E-state index contributed by atoms with van der Waals surface area (Å²) in [5, 5.41) is 0. The Labute approximate surface area is 140 Å². The second-order valence-corrected chi connectivity index (χ2v) is 6.04. The van der Waals surface area contributed by atoms with Gasteiger partial charge in [0.15, 0.2) is 5.82 Å². The maximum atomic E-state index is 4.82. The van der Waals surface area contributed by atoms with Gasteiger partial charge < -0.3 is 9.47 Å². The van der Waals surface area contributed by atoms with Crippen molar-refractivity contribution in [3.63, 3.8) is 0 Å². The summed E-state index contributed by atoms with van der Waals surface area (Å²) in [5.74, 6) is 2.16. The predicted octanol–water partition coefficient (Wildman–Crippen LogP) is 2.05. The summed E-state index contributed by atoms with van der Waals surface area (Å²) in [6.07, 6.45) is 13.0. The molecule has 4 rings (SSSR count). The average molecular weight is 321 g/mol. The minimum Gasteiger partial charge on any atom is -0.356 e. The first-order valence-corrected chi connectivity index (χ1v) is 8.12. The third-order valence-corrected chi connectivity index (χ3v) is 4.43. The summed E-state index contributed by atoms with van der Waals surface area (Å²) in [5.41, 5.74) is 1.84. The van der Waals surface area contributed by atoms with Crippen LogP contribution in [0.1, 0.15) is 24.5 Å². The molecule has 0 radical (unpaired) electrons. The molecule has 0 amide bonds. The zero-order chi connectivity index (χ0) is 16.4. The van der Waals surface area contributed by atoms with Crippen LogP contribution in [0.15, 0.2) is 43.4 Å². The Morgan fingerprint density at radius 3 is 2.88 bits per heavy atom. The van der Waals surface area contributed by atoms with E-state index in [1.165, 1.54) is 0 Å². The average Bonchev–Trinajstić information content (AvgIpc) is 3.09. The molecule has 7 nitrogen and oxygen atoms in total. The van der Waals surface area contributed by atoms with E-state index < -0.39 is 0 Å². The Kier molecular flexibility index (Phi) is 3.90. The molecule has 1 atom stereocenters. The predicted molar refractivity (Wildman–Crippen MR) is 90.5 cm³/mol. The van der Waals surface area contributed by atoms with Gasteiger partial charge in [-0.3, -0.25) is 4.98 Å². The molecule has 122 valence electrons. The standard InChI is InChI=1S/C17H19N7/c1-23-8-6-20-17(23)15-10-19-9-14(22-15)13-3-2-7-24(11-13)16-4-5-18-12-21-16/h4-6,8-10,12-13H,2-3,7,11H2,1H3/t13-/m1/s1. The first kappa shape index (κ1) is 14.7. The Balaban J connectivity index is 1.58. The summed E-state index contributed by atoms with van der Waals surface area (Å²) in [4.78, 5) is 24.2. The van der Waals surface area contributed by atoms with Gasteiger partial charge in [-0.2, -0.15) is 0 Å². The van der Waals surface area contributed by atoms with E-state index in [2.05, 4.69) is 24.8 Å². The molecular weight excluding hydrogens is 302 g/mol. The highest BCUT2D eigenvalue weighted by Crippen LogP contribution is 2.28. The summed E-state index contributed by atoms with van der Waals surface area (Å²) < 4.78 is 1.96. The Morgan fingerprint density at radius 1 is 1.12 bits per heavy atom. The van der Waals surface area contributed by atoms with Crippen LogP contribution in [0.5, 0.6) is 0 Å². The highest BCUT2D eigenvalue weighted by atomic mass is 15.2. The molecule has 0 saturated carbocycles.